The first-order valence-electron chi connectivity index (χ1n) is 8.54. The van der Waals surface area contributed by atoms with Crippen LogP contribution in [0.3, 0.4) is 0 Å². The maximum atomic E-state index is 12.5. The van der Waals surface area contributed by atoms with Crippen LogP contribution in [0.5, 0.6) is 5.75 Å². The molecule has 0 bridgehead atoms. The Morgan fingerprint density at radius 3 is 2.30 bits per heavy atom. The van der Waals surface area contributed by atoms with Gasteiger partial charge in [-0.1, -0.05) is 25.4 Å². The molecule has 8 heteroatoms. The number of hydrogen-bond acceptors (Lipinski definition) is 4. The molecule has 1 N–H and O–H groups in total. The Hall–Kier alpha value is -2.09. The van der Waals surface area contributed by atoms with Crippen molar-refractivity contribution >= 4 is 33.2 Å². The van der Waals surface area contributed by atoms with Crippen LogP contribution in [0, 0.1) is 0 Å². The molecular formula is C19H23ClN2O4S. The SMILES string of the molecule is CCN(CC)S(=O)(=O)c1ccc(NC(=O)Cc2cc(Cl)ccc2OC)cc1. The van der Waals surface area contributed by atoms with Gasteiger partial charge in [0.25, 0.3) is 0 Å². The molecule has 1 amide bonds. The van der Waals surface area contributed by atoms with Gasteiger partial charge in [-0.2, -0.15) is 4.31 Å². The molecule has 2 aromatic rings. The predicted octanol–water partition coefficient (Wildman–Crippen LogP) is 3.56. The molecule has 0 aliphatic heterocycles. The molecule has 0 saturated carbocycles. The number of rotatable bonds is 8. The van der Waals surface area contributed by atoms with Crippen LogP contribution in [0.15, 0.2) is 47.4 Å². The van der Waals surface area contributed by atoms with Gasteiger partial charge in [0.05, 0.1) is 18.4 Å². The van der Waals surface area contributed by atoms with Crippen molar-refractivity contribution in [3.05, 3.63) is 53.1 Å². The second-order valence-corrected chi connectivity index (χ2v) is 8.17. The number of halogens is 1. The second kappa shape index (κ2) is 9.21. The summed E-state index contributed by atoms with van der Waals surface area (Å²) in [5.74, 6) is 0.324. The van der Waals surface area contributed by atoms with Gasteiger partial charge in [0.15, 0.2) is 0 Å². The van der Waals surface area contributed by atoms with Crippen LogP contribution in [-0.4, -0.2) is 38.8 Å². The summed E-state index contributed by atoms with van der Waals surface area (Å²) in [5.41, 5.74) is 1.18. The normalized spacial score (nSPS) is 11.4. The van der Waals surface area contributed by atoms with Crippen molar-refractivity contribution in [1.82, 2.24) is 4.31 Å². The largest absolute Gasteiger partial charge is 0.496 e. The smallest absolute Gasteiger partial charge is 0.243 e. The summed E-state index contributed by atoms with van der Waals surface area (Å²) in [6, 6.07) is 11.2. The van der Waals surface area contributed by atoms with Gasteiger partial charge >= 0.3 is 0 Å². The van der Waals surface area contributed by atoms with Crippen LogP contribution >= 0.6 is 11.6 Å². The minimum Gasteiger partial charge on any atom is -0.496 e. The number of ether oxygens (including phenoxy) is 1. The highest BCUT2D eigenvalue weighted by Crippen LogP contribution is 2.24. The predicted molar refractivity (Wildman–Crippen MR) is 107 cm³/mol. The molecule has 0 aliphatic rings. The highest BCUT2D eigenvalue weighted by molar-refractivity contribution is 7.89. The average molecular weight is 411 g/mol. The first-order valence-corrected chi connectivity index (χ1v) is 10.4. The third-order valence-corrected chi connectivity index (χ3v) is 6.37. The third kappa shape index (κ3) is 5.22. The molecule has 0 saturated heterocycles. The van der Waals surface area contributed by atoms with Crippen LogP contribution in [0.2, 0.25) is 5.02 Å². The lowest BCUT2D eigenvalue weighted by atomic mass is 10.1. The minimum absolute atomic E-state index is 0.0865. The van der Waals surface area contributed by atoms with Crippen LogP contribution < -0.4 is 10.1 Å². The van der Waals surface area contributed by atoms with Gasteiger partial charge in [0, 0.05) is 29.4 Å². The van der Waals surface area contributed by atoms with E-state index >= 15 is 0 Å². The van der Waals surface area contributed by atoms with E-state index in [1.54, 1.807) is 44.2 Å². The number of carbonyl (C=O) groups is 1. The Bertz CT molecular complexity index is 894. The molecule has 0 heterocycles. The van der Waals surface area contributed by atoms with Crippen LogP contribution in [0.25, 0.3) is 0 Å². The zero-order valence-corrected chi connectivity index (χ0v) is 17.1. The Morgan fingerprint density at radius 1 is 1.11 bits per heavy atom. The number of hydrogen-bond donors (Lipinski definition) is 1. The van der Waals surface area contributed by atoms with E-state index in [1.807, 2.05) is 0 Å². The molecule has 6 nitrogen and oxygen atoms in total. The fourth-order valence-corrected chi connectivity index (χ4v) is 4.34. The van der Waals surface area contributed by atoms with E-state index in [1.165, 1.54) is 23.5 Å². The fraction of sp³-hybridized carbons (Fsp3) is 0.316. The van der Waals surface area contributed by atoms with E-state index < -0.39 is 10.0 Å². The van der Waals surface area contributed by atoms with Gasteiger partial charge in [-0.25, -0.2) is 8.42 Å². The number of amides is 1. The van der Waals surface area contributed by atoms with E-state index in [4.69, 9.17) is 16.3 Å². The van der Waals surface area contributed by atoms with Crippen LogP contribution in [0.1, 0.15) is 19.4 Å². The van der Waals surface area contributed by atoms with Crippen molar-refractivity contribution in [3.63, 3.8) is 0 Å². The van der Waals surface area contributed by atoms with Crippen molar-refractivity contribution < 1.29 is 17.9 Å². The van der Waals surface area contributed by atoms with Gasteiger partial charge in [0.2, 0.25) is 15.9 Å². The maximum Gasteiger partial charge on any atom is 0.243 e. The number of nitrogens with zero attached hydrogens (tertiary/aromatic N) is 1. The quantitative estimate of drug-likeness (QED) is 0.721. The van der Waals surface area contributed by atoms with E-state index in [-0.39, 0.29) is 17.2 Å². The molecule has 0 aromatic heterocycles. The Labute approximate surface area is 165 Å². The average Bonchev–Trinajstić information content (AvgIpc) is 2.63. The van der Waals surface area contributed by atoms with Gasteiger partial charge in [0.1, 0.15) is 5.75 Å². The number of anilines is 1. The first kappa shape index (κ1) is 21.2. The summed E-state index contributed by atoms with van der Waals surface area (Å²) in [6.07, 6.45) is 0.0865. The molecule has 0 spiro atoms. The van der Waals surface area contributed by atoms with E-state index in [2.05, 4.69) is 5.32 Å². The summed E-state index contributed by atoms with van der Waals surface area (Å²) in [7, 11) is -1.99. The summed E-state index contributed by atoms with van der Waals surface area (Å²) in [5, 5.41) is 3.27. The van der Waals surface area contributed by atoms with E-state index in [9.17, 15) is 13.2 Å². The highest BCUT2D eigenvalue weighted by Gasteiger charge is 2.21. The Kier molecular flexibility index (Phi) is 7.24. The van der Waals surface area contributed by atoms with Crippen molar-refractivity contribution in [1.29, 1.82) is 0 Å². The zero-order chi connectivity index (χ0) is 20.0. The van der Waals surface area contributed by atoms with Gasteiger partial charge in [-0.3, -0.25) is 4.79 Å². The van der Waals surface area contributed by atoms with Crippen molar-refractivity contribution in [2.45, 2.75) is 25.2 Å². The highest BCUT2D eigenvalue weighted by atomic mass is 35.5. The number of nitrogens with one attached hydrogen (secondary N) is 1. The number of carbonyl (C=O) groups excluding carboxylic acids is 1. The van der Waals surface area contributed by atoms with Gasteiger partial charge in [-0.05, 0) is 42.5 Å². The molecule has 2 rings (SSSR count). The van der Waals surface area contributed by atoms with Crippen LogP contribution in [0.4, 0.5) is 5.69 Å². The number of sulfonamides is 1. The second-order valence-electron chi connectivity index (χ2n) is 5.79. The summed E-state index contributed by atoms with van der Waals surface area (Å²) in [6.45, 7) is 4.39. The fourth-order valence-electron chi connectivity index (χ4n) is 2.69. The summed E-state index contributed by atoms with van der Waals surface area (Å²) >= 11 is 5.98. The molecule has 146 valence electrons. The lowest BCUT2D eigenvalue weighted by Gasteiger charge is -2.18. The van der Waals surface area contributed by atoms with Gasteiger partial charge in [-0.15, -0.1) is 0 Å². The van der Waals surface area contributed by atoms with Crippen LogP contribution in [-0.2, 0) is 21.2 Å². The standard InChI is InChI=1S/C19H23ClN2O4S/c1-4-22(5-2)27(24,25)17-9-7-16(8-10-17)21-19(23)13-14-12-15(20)6-11-18(14)26-3/h6-12H,4-5,13H2,1-3H3,(H,21,23). The van der Waals surface area contributed by atoms with Crippen molar-refractivity contribution in [2.75, 3.05) is 25.5 Å². The van der Waals surface area contributed by atoms with Crippen molar-refractivity contribution in [3.8, 4) is 5.75 Å². The molecular weight excluding hydrogens is 388 g/mol. The first-order chi connectivity index (χ1) is 12.8. The molecule has 0 aliphatic carbocycles. The lowest BCUT2D eigenvalue weighted by molar-refractivity contribution is -0.115. The van der Waals surface area contributed by atoms with E-state index in [0.29, 0.717) is 35.1 Å². The van der Waals surface area contributed by atoms with E-state index in [0.717, 1.165) is 0 Å². The third-order valence-electron chi connectivity index (χ3n) is 4.07. The summed E-state index contributed by atoms with van der Waals surface area (Å²) < 4.78 is 31.6. The maximum absolute atomic E-state index is 12.5. The lowest BCUT2D eigenvalue weighted by Crippen LogP contribution is -2.30. The molecule has 27 heavy (non-hydrogen) atoms. The Balaban J connectivity index is 2.11. The number of methoxy groups -OCH3 is 1. The molecule has 0 fully saturated rings. The number of benzene rings is 2. The molecule has 0 unspecified atom stereocenters. The molecule has 2 aromatic carbocycles. The van der Waals surface area contributed by atoms with Gasteiger partial charge < -0.3 is 10.1 Å². The summed E-state index contributed by atoms with van der Waals surface area (Å²) in [4.78, 5) is 12.5. The molecule has 0 atom stereocenters. The topological polar surface area (TPSA) is 75.7 Å². The van der Waals surface area contributed by atoms with Crippen molar-refractivity contribution in [2.24, 2.45) is 0 Å². The minimum atomic E-state index is -3.52. The zero-order valence-electron chi connectivity index (χ0n) is 15.5. The monoisotopic (exact) mass is 410 g/mol. The molecule has 0 radical (unpaired) electrons. The Morgan fingerprint density at radius 2 is 1.74 bits per heavy atom.